The van der Waals surface area contributed by atoms with Crippen molar-refractivity contribution in [2.45, 2.75) is 13.3 Å². The molecule has 1 saturated heterocycles. The molecule has 1 heterocycles. The van der Waals surface area contributed by atoms with E-state index in [1.165, 1.54) is 0 Å². The number of hydrogen-bond donors (Lipinski definition) is 1. The second-order valence-corrected chi connectivity index (χ2v) is 6.43. The molecule has 0 bridgehead atoms. The molecule has 1 atom stereocenters. The first-order valence-corrected chi connectivity index (χ1v) is 8.90. The van der Waals surface area contributed by atoms with E-state index < -0.39 is 0 Å². The van der Waals surface area contributed by atoms with Gasteiger partial charge in [0, 0.05) is 26.7 Å². The van der Waals surface area contributed by atoms with E-state index in [0.717, 1.165) is 43.2 Å². The zero-order valence-electron chi connectivity index (χ0n) is 13.1. The number of carbonyl (C=O) groups is 1. The maximum Gasteiger partial charge on any atom is 0.321 e. The van der Waals surface area contributed by atoms with Gasteiger partial charge in [-0.2, -0.15) is 11.8 Å². The molecular formula is C16H25N3OS. The highest BCUT2D eigenvalue weighted by Crippen LogP contribution is 2.26. The fourth-order valence-electron chi connectivity index (χ4n) is 2.67. The topological polar surface area (TPSA) is 35.6 Å². The van der Waals surface area contributed by atoms with E-state index in [4.69, 9.17) is 0 Å². The fourth-order valence-corrected chi connectivity index (χ4v) is 3.41. The minimum atomic E-state index is 0.0237. The van der Waals surface area contributed by atoms with Gasteiger partial charge in [-0.1, -0.05) is 12.1 Å². The standard InChI is InChI=1S/C16H25N3OS/c1-4-18(2)15-8-6-5-7-14(15)17-16(20)19-10-9-13(11-19)12-21-3/h5-8,13H,4,9-12H2,1-3H3,(H,17,20)/t13-/m0/s1. The summed E-state index contributed by atoms with van der Waals surface area (Å²) in [6.07, 6.45) is 3.24. The van der Waals surface area contributed by atoms with Crippen LogP contribution in [0.3, 0.4) is 0 Å². The Kier molecular flexibility index (Phi) is 5.79. The lowest BCUT2D eigenvalue weighted by Crippen LogP contribution is -2.33. The molecule has 1 aromatic rings. The van der Waals surface area contributed by atoms with E-state index in [2.05, 4.69) is 23.4 Å². The SMILES string of the molecule is CCN(C)c1ccccc1NC(=O)N1CC[C@H](CSC)C1. The van der Waals surface area contributed by atoms with Crippen LogP contribution in [-0.2, 0) is 0 Å². The smallest absolute Gasteiger partial charge is 0.321 e. The molecular weight excluding hydrogens is 282 g/mol. The number of hydrogen-bond acceptors (Lipinski definition) is 3. The predicted octanol–water partition coefficient (Wildman–Crippen LogP) is 3.36. The largest absolute Gasteiger partial charge is 0.373 e. The molecule has 1 fully saturated rings. The van der Waals surface area contributed by atoms with Crippen LogP contribution in [0.25, 0.3) is 0 Å². The minimum absolute atomic E-state index is 0.0237. The third-order valence-corrected chi connectivity index (χ3v) is 4.81. The van der Waals surface area contributed by atoms with Gasteiger partial charge in [0.15, 0.2) is 0 Å². The van der Waals surface area contributed by atoms with Crippen LogP contribution < -0.4 is 10.2 Å². The number of nitrogens with zero attached hydrogens (tertiary/aromatic N) is 2. The van der Waals surface area contributed by atoms with Gasteiger partial charge < -0.3 is 15.1 Å². The molecule has 1 N–H and O–H groups in total. The fraction of sp³-hybridized carbons (Fsp3) is 0.562. The number of nitrogens with one attached hydrogen (secondary N) is 1. The average Bonchev–Trinajstić information content (AvgIpc) is 2.96. The lowest BCUT2D eigenvalue weighted by atomic mass is 10.2. The van der Waals surface area contributed by atoms with Crippen molar-refractivity contribution in [3.63, 3.8) is 0 Å². The molecule has 0 aromatic heterocycles. The Morgan fingerprint density at radius 2 is 2.24 bits per heavy atom. The molecule has 0 aliphatic carbocycles. The molecule has 0 unspecified atom stereocenters. The first-order chi connectivity index (χ1) is 10.2. The number of carbonyl (C=O) groups excluding carboxylic acids is 1. The molecule has 21 heavy (non-hydrogen) atoms. The van der Waals surface area contributed by atoms with Crippen molar-refractivity contribution in [2.24, 2.45) is 5.92 Å². The molecule has 4 nitrogen and oxygen atoms in total. The summed E-state index contributed by atoms with van der Waals surface area (Å²) in [5.74, 6) is 1.78. The van der Waals surface area contributed by atoms with Gasteiger partial charge in [-0.3, -0.25) is 0 Å². The Hall–Kier alpha value is -1.36. The first-order valence-electron chi connectivity index (χ1n) is 7.50. The Bertz CT molecular complexity index is 480. The molecule has 1 aliphatic heterocycles. The van der Waals surface area contributed by atoms with Crippen molar-refractivity contribution in [1.82, 2.24) is 4.90 Å². The van der Waals surface area contributed by atoms with Crippen molar-refractivity contribution in [3.8, 4) is 0 Å². The van der Waals surface area contributed by atoms with Crippen molar-refractivity contribution < 1.29 is 4.79 Å². The molecule has 116 valence electrons. The molecule has 5 heteroatoms. The van der Waals surface area contributed by atoms with E-state index in [-0.39, 0.29) is 6.03 Å². The lowest BCUT2D eigenvalue weighted by molar-refractivity contribution is 0.221. The monoisotopic (exact) mass is 307 g/mol. The van der Waals surface area contributed by atoms with Crippen LogP contribution in [0.2, 0.25) is 0 Å². The van der Waals surface area contributed by atoms with Crippen molar-refractivity contribution >= 4 is 29.2 Å². The van der Waals surface area contributed by atoms with Crippen LogP contribution in [0.4, 0.5) is 16.2 Å². The second-order valence-electron chi connectivity index (χ2n) is 5.52. The number of rotatable bonds is 5. The molecule has 1 aliphatic rings. The van der Waals surface area contributed by atoms with Gasteiger partial charge in [0.05, 0.1) is 11.4 Å². The molecule has 1 aromatic carbocycles. The summed E-state index contributed by atoms with van der Waals surface area (Å²) < 4.78 is 0. The van der Waals surface area contributed by atoms with Crippen LogP contribution in [0.5, 0.6) is 0 Å². The summed E-state index contributed by atoms with van der Waals surface area (Å²) in [4.78, 5) is 16.5. The van der Waals surface area contributed by atoms with E-state index in [0.29, 0.717) is 5.92 Å². The lowest BCUT2D eigenvalue weighted by Gasteiger charge is -2.23. The predicted molar refractivity (Wildman–Crippen MR) is 92.5 cm³/mol. The number of benzene rings is 1. The summed E-state index contributed by atoms with van der Waals surface area (Å²) in [6.45, 7) is 4.75. The van der Waals surface area contributed by atoms with Gasteiger partial charge in [-0.25, -0.2) is 4.79 Å². The van der Waals surface area contributed by atoms with Crippen LogP contribution >= 0.6 is 11.8 Å². The maximum atomic E-state index is 12.4. The average molecular weight is 307 g/mol. The minimum Gasteiger partial charge on any atom is -0.373 e. The number of anilines is 2. The summed E-state index contributed by atoms with van der Waals surface area (Å²) in [6, 6.07) is 7.99. The summed E-state index contributed by atoms with van der Waals surface area (Å²) in [5, 5.41) is 3.07. The van der Waals surface area contributed by atoms with Gasteiger partial charge >= 0.3 is 6.03 Å². The van der Waals surface area contributed by atoms with E-state index in [1.54, 1.807) is 0 Å². The highest BCUT2D eigenvalue weighted by atomic mass is 32.2. The van der Waals surface area contributed by atoms with Gasteiger partial charge in [0.1, 0.15) is 0 Å². The molecule has 0 radical (unpaired) electrons. The summed E-state index contributed by atoms with van der Waals surface area (Å²) >= 11 is 1.86. The molecule has 2 amide bonds. The number of para-hydroxylation sites is 2. The third kappa shape index (κ3) is 4.06. The van der Waals surface area contributed by atoms with Gasteiger partial charge in [-0.15, -0.1) is 0 Å². The quantitative estimate of drug-likeness (QED) is 0.906. The van der Waals surface area contributed by atoms with E-state index in [9.17, 15) is 4.79 Å². The van der Waals surface area contributed by atoms with Crippen LogP contribution in [0.1, 0.15) is 13.3 Å². The second kappa shape index (κ2) is 7.59. The van der Waals surface area contributed by atoms with Crippen LogP contribution in [-0.4, -0.2) is 49.6 Å². The zero-order chi connectivity index (χ0) is 15.2. The van der Waals surface area contributed by atoms with Crippen LogP contribution in [0.15, 0.2) is 24.3 Å². The van der Waals surface area contributed by atoms with Gasteiger partial charge in [0.2, 0.25) is 0 Å². The van der Waals surface area contributed by atoms with Crippen molar-refractivity contribution in [1.29, 1.82) is 0 Å². The number of urea groups is 1. The molecule has 0 saturated carbocycles. The van der Waals surface area contributed by atoms with Crippen LogP contribution in [0, 0.1) is 5.92 Å². The Morgan fingerprint density at radius 3 is 2.95 bits per heavy atom. The van der Waals surface area contributed by atoms with Crippen molar-refractivity contribution in [2.75, 3.05) is 48.9 Å². The number of thioether (sulfide) groups is 1. The number of likely N-dealkylation sites (tertiary alicyclic amines) is 1. The zero-order valence-corrected chi connectivity index (χ0v) is 13.9. The Labute approximate surface area is 131 Å². The highest BCUT2D eigenvalue weighted by Gasteiger charge is 2.26. The maximum absolute atomic E-state index is 12.4. The van der Waals surface area contributed by atoms with E-state index in [1.807, 2.05) is 48.0 Å². The van der Waals surface area contributed by atoms with Gasteiger partial charge in [-0.05, 0) is 43.4 Å². The van der Waals surface area contributed by atoms with Crippen molar-refractivity contribution in [3.05, 3.63) is 24.3 Å². The normalized spacial score (nSPS) is 17.9. The first kappa shape index (κ1) is 16.0. The Balaban J connectivity index is 2.00. The van der Waals surface area contributed by atoms with E-state index >= 15 is 0 Å². The molecule has 2 rings (SSSR count). The third-order valence-electron chi connectivity index (χ3n) is 4.01. The summed E-state index contributed by atoms with van der Waals surface area (Å²) in [5.41, 5.74) is 1.95. The highest BCUT2D eigenvalue weighted by molar-refractivity contribution is 7.98. The number of amides is 2. The molecule has 0 spiro atoms. The Morgan fingerprint density at radius 1 is 1.48 bits per heavy atom. The summed E-state index contributed by atoms with van der Waals surface area (Å²) in [7, 11) is 2.04. The van der Waals surface area contributed by atoms with Gasteiger partial charge in [0.25, 0.3) is 0 Å².